The van der Waals surface area contributed by atoms with Crippen molar-refractivity contribution in [2.75, 3.05) is 0 Å². The van der Waals surface area contributed by atoms with Gasteiger partial charge in [-0.25, -0.2) is 4.99 Å². The molecule has 0 aromatic heterocycles. The summed E-state index contributed by atoms with van der Waals surface area (Å²) >= 11 is 0. The van der Waals surface area contributed by atoms with Gasteiger partial charge in [0.25, 0.3) is 5.69 Å². The van der Waals surface area contributed by atoms with Crippen LogP contribution in [-0.4, -0.2) is 10.9 Å². The lowest BCUT2D eigenvalue weighted by molar-refractivity contribution is -0.384. The fourth-order valence-corrected chi connectivity index (χ4v) is 0.798. The normalized spacial score (nSPS) is 8.57. The predicted molar refractivity (Wildman–Crippen MR) is 55.8 cm³/mol. The van der Waals surface area contributed by atoms with Gasteiger partial charge in [-0.05, 0) is 12.1 Å². The van der Waals surface area contributed by atoms with E-state index in [1.54, 1.807) is 0 Å². The standard InChI is InChI=1S/C7H8N4O2.ClH/c8-7(9)10-5-1-3-6(4-2-5)11(12)13;/h1-4H,(H4,8,9,10);1H. The maximum Gasteiger partial charge on any atom is 0.269 e. The molecule has 0 amide bonds. The summed E-state index contributed by atoms with van der Waals surface area (Å²) in [5, 5.41) is 10.3. The van der Waals surface area contributed by atoms with Gasteiger partial charge in [-0.1, -0.05) is 0 Å². The average Bonchev–Trinajstić information content (AvgIpc) is 2.04. The zero-order chi connectivity index (χ0) is 9.84. The van der Waals surface area contributed by atoms with Gasteiger partial charge in [-0.15, -0.1) is 12.4 Å². The summed E-state index contributed by atoms with van der Waals surface area (Å²) in [6.07, 6.45) is 0. The monoisotopic (exact) mass is 216 g/mol. The molecule has 6 nitrogen and oxygen atoms in total. The summed E-state index contributed by atoms with van der Waals surface area (Å²) in [7, 11) is 0. The van der Waals surface area contributed by atoms with Gasteiger partial charge in [-0.2, -0.15) is 0 Å². The lowest BCUT2D eigenvalue weighted by Gasteiger charge is -1.94. The summed E-state index contributed by atoms with van der Waals surface area (Å²) in [5.74, 6) is -0.0751. The highest BCUT2D eigenvalue weighted by Crippen LogP contribution is 2.17. The molecule has 0 heterocycles. The van der Waals surface area contributed by atoms with Crippen molar-refractivity contribution in [3.05, 3.63) is 34.4 Å². The summed E-state index contributed by atoms with van der Waals surface area (Å²) in [6, 6.07) is 5.61. The van der Waals surface area contributed by atoms with E-state index in [2.05, 4.69) is 4.99 Å². The molecule has 1 aromatic rings. The molecule has 0 aliphatic heterocycles. The number of hydrogen-bond donors (Lipinski definition) is 2. The molecule has 0 saturated carbocycles. The molecule has 0 bridgehead atoms. The number of hydrogen-bond acceptors (Lipinski definition) is 3. The first-order valence-corrected chi connectivity index (χ1v) is 3.43. The van der Waals surface area contributed by atoms with E-state index in [0.717, 1.165) is 0 Å². The highest BCUT2D eigenvalue weighted by molar-refractivity contribution is 5.85. The summed E-state index contributed by atoms with van der Waals surface area (Å²) in [5.41, 5.74) is 10.7. The SMILES string of the molecule is Cl.NC(N)=Nc1ccc([N+](=O)[O-])cc1. The molecule has 1 rings (SSSR count). The average molecular weight is 217 g/mol. The first-order chi connectivity index (χ1) is 6.09. The Morgan fingerprint density at radius 2 is 1.79 bits per heavy atom. The Labute approximate surface area is 86.2 Å². The first kappa shape index (κ1) is 12.2. The van der Waals surface area contributed by atoms with Crippen LogP contribution in [0.3, 0.4) is 0 Å². The third-order valence-corrected chi connectivity index (χ3v) is 1.32. The van der Waals surface area contributed by atoms with Crippen LogP contribution in [0.4, 0.5) is 11.4 Å². The van der Waals surface area contributed by atoms with Crippen LogP contribution in [-0.2, 0) is 0 Å². The van der Waals surface area contributed by atoms with Crippen LogP contribution < -0.4 is 11.5 Å². The Morgan fingerprint density at radius 1 is 1.29 bits per heavy atom. The largest absolute Gasteiger partial charge is 0.370 e. The minimum absolute atomic E-state index is 0. The highest BCUT2D eigenvalue weighted by Gasteiger charge is 2.02. The van der Waals surface area contributed by atoms with Crippen LogP contribution in [0.2, 0.25) is 0 Å². The van der Waals surface area contributed by atoms with Gasteiger partial charge < -0.3 is 11.5 Å². The quantitative estimate of drug-likeness (QED) is 0.332. The van der Waals surface area contributed by atoms with Crippen molar-refractivity contribution in [3.8, 4) is 0 Å². The molecule has 0 unspecified atom stereocenters. The number of non-ortho nitro benzene ring substituents is 1. The van der Waals surface area contributed by atoms with E-state index in [0.29, 0.717) is 5.69 Å². The molecule has 0 spiro atoms. The number of nitrogens with two attached hydrogens (primary N) is 2. The van der Waals surface area contributed by atoms with Crippen molar-refractivity contribution in [2.45, 2.75) is 0 Å². The van der Waals surface area contributed by atoms with Crippen LogP contribution in [0.1, 0.15) is 0 Å². The van der Waals surface area contributed by atoms with Gasteiger partial charge in [-0.3, -0.25) is 10.1 Å². The van der Waals surface area contributed by atoms with E-state index in [1.165, 1.54) is 24.3 Å². The first-order valence-electron chi connectivity index (χ1n) is 3.43. The number of nitrogens with zero attached hydrogens (tertiary/aromatic N) is 2. The molecule has 14 heavy (non-hydrogen) atoms. The Bertz CT molecular complexity index is 345. The van der Waals surface area contributed by atoms with Crippen molar-refractivity contribution in [1.82, 2.24) is 0 Å². The van der Waals surface area contributed by atoms with Crippen LogP contribution >= 0.6 is 12.4 Å². The van der Waals surface area contributed by atoms with Crippen molar-refractivity contribution >= 4 is 29.7 Å². The summed E-state index contributed by atoms with van der Waals surface area (Å²) in [4.78, 5) is 13.5. The Hall–Kier alpha value is -1.82. The zero-order valence-corrected chi connectivity index (χ0v) is 7.90. The van der Waals surface area contributed by atoms with E-state index >= 15 is 0 Å². The van der Waals surface area contributed by atoms with Crippen molar-refractivity contribution < 1.29 is 4.92 Å². The predicted octanol–water partition coefficient (Wildman–Crippen LogP) is 0.922. The Morgan fingerprint density at radius 3 is 2.14 bits per heavy atom. The number of nitro groups is 1. The fourth-order valence-electron chi connectivity index (χ4n) is 0.798. The topological polar surface area (TPSA) is 108 Å². The number of benzene rings is 1. The fraction of sp³-hybridized carbons (Fsp3) is 0. The van der Waals surface area contributed by atoms with Gasteiger partial charge in [0.2, 0.25) is 0 Å². The molecule has 1 aromatic carbocycles. The van der Waals surface area contributed by atoms with Crippen LogP contribution in [0.15, 0.2) is 29.3 Å². The molecular weight excluding hydrogens is 208 g/mol. The molecular formula is C7H9ClN4O2. The number of aliphatic imine (C=N–C) groups is 1. The second kappa shape index (κ2) is 5.03. The number of guanidine groups is 1. The second-order valence-electron chi connectivity index (χ2n) is 2.31. The molecule has 0 saturated heterocycles. The lowest BCUT2D eigenvalue weighted by Crippen LogP contribution is -2.21. The molecule has 0 radical (unpaired) electrons. The molecule has 0 fully saturated rings. The smallest absolute Gasteiger partial charge is 0.269 e. The van der Waals surface area contributed by atoms with Crippen LogP contribution in [0.25, 0.3) is 0 Å². The van der Waals surface area contributed by atoms with Crippen LogP contribution in [0, 0.1) is 10.1 Å². The summed E-state index contributed by atoms with van der Waals surface area (Å²) in [6.45, 7) is 0. The van der Waals surface area contributed by atoms with Crippen molar-refractivity contribution in [2.24, 2.45) is 16.5 Å². The maximum atomic E-state index is 10.3. The van der Waals surface area contributed by atoms with Gasteiger partial charge >= 0.3 is 0 Å². The van der Waals surface area contributed by atoms with Gasteiger partial charge in [0.1, 0.15) is 0 Å². The van der Waals surface area contributed by atoms with E-state index < -0.39 is 4.92 Å². The van der Waals surface area contributed by atoms with Gasteiger partial charge in [0.15, 0.2) is 5.96 Å². The van der Waals surface area contributed by atoms with E-state index in [4.69, 9.17) is 11.5 Å². The summed E-state index contributed by atoms with van der Waals surface area (Å²) < 4.78 is 0. The highest BCUT2D eigenvalue weighted by atomic mass is 35.5. The Kier molecular flexibility index (Phi) is 4.37. The molecule has 0 aliphatic carbocycles. The van der Waals surface area contributed by atoms with Crippen molar-refractivity contribution in [1.29, 1.82) is 0 Å². The maximum absolute atomic E-state index is 10.3. The number of nitro benzene ring substituents is 1. The van der Waals surface area contributed by atoms with E-state index in [1.807, 2.05) is 0 Å². The molecule has 7 heteroatoms. The molecule has 76 valence electrons. The second-order valence-corrected chi connectivity index (χ2v) is 2.31. The van der Waals surface area contributed by atoms with E-state index in [9.17, 15) is 10.1 Å². The van der Waals surface area contributed by atoms with Gasteiger partial charge in [0.05, 0.1) is 10.6 Å². The third-order valence-electron chi connectivity index (χ3n) is 1.32. The molecule has 4 N–H and O–H groups in total. The Balaban J connectivity index is 0.00000169. The third kappa shape index (κ3) is 3.28. The number of rotatable bonds is 2. The van der Waals surface area contributed by atoms with Crippen LogP contribution in [0.5, 0.6) is 0 Å². The van der Waals surface area contributed by atoms with Crippen molar-refractivity contribution in [3.63, 3.8) is 0 Å². The van der Waals surface area contributed by atoms with E-state index in [-0.39, 0.29) is 24.1 Å². The molecule has 0 aliphatic rings. The molecule has 0 atom stereocenters. The minimum atomic E-state index is -0.487. The lowest BCUT2D eigenvalue weighted by atomic mass is 10.3. The van der Waals surface area contributed by atoms with Gasteiger partial charge in [0, 0.05) is 12.1 Å². The minimum Gasteiger partial charge on any atom is -0.370 e. The number of halogens is 1. The zero-order valence-electron chi connectivity index (χ0n) is 7.08.